The summed E-state index contributed by atoms with van der Waals surface area (Å²) in [6, 6.07) is 0.284. The maximum atomic E-state index is 12.2. The molecule has 1 amide bonds. The molecule has 1 fully saturated rings. The van der Waals surface area contributed by atoms with E-state index in [0.29, 0.717) is 12.0 Å². The van der Waals surface area contributed by atoms with Gasteiger partial charge in [0.15, 0.2) is 0 Å². The first kappa shape index (κ1) is 14.5. The van der Waals surface area contributed by atoms with E-state index in [1.54, 1.807) is 0 Å². The molecule has 1 aliphatic heterocycles. The van der Waals surface area contributed by atoms with E-state index in [4.69, 9.17) is 5.73 Å². The van der Waals surface area contributed by atoms with Crippen LogP contribution in [0.25, 0.3) is 0 Å². The number of likely N-dealkylation sites (tertiary alicyclic amines) is 1. The smallest absolute Gasteiger partial charge is 0.239 e. The lowest BCUT2D eigenvalue weighted by molar-refractivity contribution is -0.136. The van der Waals surface area contributed by atoms with Crippen molar-refractivity contribution in [3.05, 3.63) is 0 Å². The molecule has 0 aromatic carbocycles. The van der Waals surface area contributed by atoms with Gasteiger partial charge in [0.2, 0.25) is 5.91 Å². The zero-order chi connectivity index (χ0) is 13.0. The molecular weight excluding hydrogens is 214 g/mol. The third-order valence-electron chi connectivity index (χ3n) is 3.98. The predicted molar refractivity (Wildman–Crippen MR) is 70.7 cm³/mol. The van der Waals surface area contributed by atoms with Crippen molar-refractivity contribution in [3.8, 4) is 0 Å². The van der Waals surface area contributed by atoms with Crippen LogP contribution in [-0.2, 0) is 4.79 Å². The molecule has 17 heavy (non-hydrogen) atoms. The maximum Gasteiger partial charge on any atom is 0.239 e. The molecule has 0 aromatic heterocycles. The van der Waals surface area contributed by atoms with Crippen molar-refractivity contribution < 1.29 is 4.79 Å². The first-order valence-corrected chi connectivity index (χ1v) is 6.79. The molecule has 0 radical (unpaired) electrons. The normalized spacial score (nSPS) is 27.8. The van der Waals surface area contributed by atoms with Crippen molar-refractivity contribution in [2.24, 2.45) is 11.7 Å². The third kappa shape index (κ3) is 3.42. The lowest BCUT2D eigenvalue weighted by atomic mass is 9.93. The molecule has 1 rings (SSSR count). The number of amides is 1. The number of carbonyl (C=O) groups is 1. The van der Waals surface area contributed by atoms with Crippen molar-refractivity contribution in [1.29, 1.82) is 0 Å². The highest BCUT2D eigenvalue weighted by Gasteiger charge is 2.30. The van der Waals surface area contributed by atoms with Gasteiger partial charge >= 0.3 is 0 Å². The first-order valence-electron chi connectivity index (χ1n) is 6.79. The minimum Gasteiger partial charge on any atom is -0.342 e. The molecule has 0 aliphatic carbocycles. The van der Waals surface area contributed by atoms with Crippen LogP contribution in [0.15, 0.2) is 0 Å². The molecule has 3 atom stereocenters. The summed E-state index contributed by atoms with van der Waals surface area (Å²) in [6.07, 6.45) is 0.997. The third-order valence-corrected chi connectivity index (χ3v) is 3.98. The first-order chi connectivity index (χ1) is 8.01. The SMILES string of the molecule is CCN(CC)C(=O)C(C)N1CCC(N)C(C)C1. The fraction of sp³-hybridized carbons (Fsp3) is 0.923. The highest BCUT2D eigenvalue weighted by atomic mass is 16.2. The summed E-state index contributed by atoms with van der Waals surface area (Å²) in [7, 11) is 0. The predicted octanol–water partition coefficient (Wildman–Crippen LogP) is 0.912. The quantitative estimate of drug-likeness (QED) is 0.796. The van der Waals surface area contributed by atoms with Crippen LogP contribution < -0.4 is 5.73 Å². The molecule has 1 aliphatic rings. The number of nitrogens with two attached hydrogens (primary N) is 1. The molecule has 0 saturated carbocycles. The second-order valence-corrected chi connectivity index (χ2v) is 5.11. The summed E-state index contributed by atoms with van der Waals surface area (Å²) in [5.41, 5.74) is 6.01. The fourth-order valence-electron chi connectivity index (χ4n) is 2.50. The number of likely N-dealkylation sites (N-methyl/N-ethyl adjacent to an activating group) is 1. The number of rotatable bonds is 4. The van der Waals surface area contributed by atoms with Gasteiger partial charge in [-0.3, -0.25) is 9.69 Å². The molecule has 1 saturated heterocycles. The van der Waals surface area contributed by atoms with E-state index in [-0.39, 0.29) is 11.9 Å². The summed E-state index contributed by atoms with van der Waals surface area (Å²) in [5, 5.41) is 0. The number of hydrogen-bond donors (Lipinski definition) is 1. The van der Waals surface area contributed by atoms with E-state index in [0.717, 1.165) is 32.6 Å². The average molecular weight is 241 g/mol. The number of piperidine rings is 1. The maximum absolute atomic E-state index is 12.2. The summed E-state index contributed by atoms with van der Waals surface area (Å²) in [4.78, 5) is 16.4. The van der Waals surface area contributed by atoms with E-state index in [1.807, 2.05) is 25.7 Å². The van der Waals surface area contributed by atoms with Gasteiger partial charge in [-0.25, -0.2) is 0 Å². The monoisotopic (exact) mass is 241 g/mol. The van der Waals surface area contributed by atoms with Gasteiger partial charge in [-0.1, -0.05) is 6.92 Å². The Kier molecular flexibility index (Phi) is 5.40. The molecular formula is C13H27N3O. The zero-order valence-electron chi connectivity index (χ0n) is 11.6. The molecule has 100 valence electrons. The molecule has 4 nitrogen and oxygen atoms in total. The summed E-state index contributed by atoms with van der Waals surface area (Å²) >= 11 is 0. The Balaban J connectivity index is 2.57. The van der Waals surface area contributed by atoms with Crippen LogP contribution in [0.2, 0.25) is 0 Å². The van der Waals surface area contributed by atoms with E-state index in [2.05, 4.69) is 11.8 Å². The average Bonchev–Trinajstić information content (AvgIpc) is 2.33. The molecule has 1 heterocycles. The molecule has 3 unspecified atom stereocenters. The summed E-state index contributed by atoms with van der Waals surface area (Å²) < 4.78 is 0. The van der Waals surface area contributed by atoms with Crippen molar-refractivity contribution in [3.63, 3.8) is 0 Å². The van der Waals surface area contributed by atoms with Crippen molar-refractivity contribution in [2.75, 3.05) is 26.2 Å². The molecule has 4 heteroatoms. The molecule has 0 bridgehead atoms. The highest BCUT2D eigenvalue weighted by Crippen LogP contribution is 2.18. The van der Waals surface area contributed by atoms with Gasteiger partial charge in [0.05, 0.1) is 6.04 Å². The van der Waals surface area contributed by atoms with Gasteiger partial charge in [-0.05, 0) is 33.1 Å². The van der Waals surface area contributed by atoms with E-state index >= 15 is 0 Å². The lowest BCUT2D eigenvalue weighted by Crippen LogP contribution is -2.54. The number of hydrogen-bond acceptors (Lipinski definition) is 3. The Labute approximate surface area is 105 Å². The van der Waals surface area contributed by atoms with E-state index < -0.39 is 0 Å². The van der Waals surface area contributed by atoms with Crippen LogP contribution in [0.1, 0.15) is 34.1 Å². The van der Waals surface area contributed by atoms with Crippen molar-refractivity contribution >= 4 is 5.91 Å². The second-order valence-electron chi connectivity index (χ2n) is 5.11. The lowest BCUT2D eigenvalue weighted by Gasteiger charge is -2.39. The number of carbonyl (C=O) groups excluding carboxylic acids is 1. The largest absolute Gasteiger partial charge is 0.342 e. The van der Waals surface area contributed by atoms with Crippen LogP contribution in [0.4, 0.5) is 0 Å². The zero-order valence-corrected chi connectivity index (χ0v) is 11.6. The van der Waals surface area contributed by atoms with Crippen LogP contribution in [0.3, 0.4) is 0 Å². The Hall–Kier alpha value is -0.610. The van der Waals surface area contributed by atoms with Crippen LogP contribution in [-0.4, -0.2) is 54.0 Å². The molecule has 0 aromatic rings. The standard InChI is InChI=1S/C13H27N3O/c1-5-15(6-2)13(17)11(4)16-8-7-12(14)10(3)9-16/h10-12H,5-9,14H2,1-4H3. The number of nitrogens with zero attached hydrogens (tertiary/aromatic N) is 2. The van der Waals surface area contributed by atoms with Gasteiger partial charge in [0, 0.05) is 32.2 Å². The second kappa shape index (κ2) is 6.36. The van der Waals surface area contributed by atoms with Gasteiger partial charge in [-0.2, -0.15) is 0 Å². The minimum absolute atomic E-state index is 0.00940. The Morgan fingerprint density at radius 3 is 2.53 bits per heavy atom. The molecule has 0 spiro atoms. The highest BCUT2D eigenvalue weighted by molar-refractivity contribution is 5.81. The fourth-order valence-corrected chi connectivity index (χ4v) is 2.50. The van der Waals surface area contributed by atoms with Gasteiger partial charge in [0.1, 0.15) is 0 Å². The Morgan fingerprint density at radius 2 is 2.06 bits per heavy atom. The van der Waals surface area contributed by atoms with Crippen molar-refractivity contribution in [2.45, 2.75) is 46.2 Å². The van der Waals surface area contributed by atoms with E-state index in [1.165, 1.54) is 0 Å². The van der Waals surface area contributed by atoms with Gasteiger partial charge in [0.25, 0.3) is 0 Å². The Bertz CT molecular complexity index is 253. The minimum atomic E-state index is -0.00940. The van der Waals surface area contributed by atoms with Crippen LogP contribution in [0, 0.1) is 5.92 Å². The summed E-state index contributed by atoms with van der Waals surface area (Å²) in [5.74, 6) is 0.730. The van der Waals surface area contributed by atoms with Crippen LogP contribution in [0.5, 0.6) is 0 Å². The van der Waals surface area contributed by atoms with Crippen molar-refractivity contribution in [1.82, 2.24) is 9.80 Å². The van der Waals surface area contributed by atoms with Crippen LogP contribution >= 0.6 is 0 Å². The molecule has 2 N–H and O–H groups in total. The summed E-state index contributed by atoms with van der Waals surface area (Å²) in [6.45, 7) is 11.7. The Morgan fingerprint density at radius 1 is 1.47 bits per heavy atom. The van der Waals surface area contributed by atoms with Gasteiger partial charge < -0.3 is 10.6 Å². The topological polar surface area (TPSA) is 49.6 Å². The van der Waals surface area contributed by atoms with Gasteiger partial charge in [-0.15, -0.1) is 0 Å². The van der Waals surface area contributed by atoms with E-state index in [9.17, 15) is 4.79 Å².